The average molecular weight is 292 g/mol. The molecule has 2 aromatic carbocycles. The number of nitriles is 1. The minimum atomic E-state index is 0.752. The molecule has 0 unspecified atom stereocenters. The number of benzene rings is 2. The van der Waals surface area contributed by atoms with Gasteiger partial charge in [0.2, 0.25) is 0 Å². The van der Waals surface area contributed by atoms with E-state index in [-0.39, 0.29) is 0 Å². The molecule has 2 heteroatoms. The molecule has 0 radical (unpaired) electrons. The summed E-state index contributed by atoms with van der Waals surface area (Å²) in [6.07, 6.45) is 0. The molecule has 23 heavy (non-hydrogen) atoms. The molecule has 0 saturated carbocycles. The molecular formula is C21H12N2. The summed E-state index contributed by atoms with van der Waals surface area (Å²) >= 11 is 0. The first-order valence-electron chi connectivity index (χ1n) is 7.63. The lowest BCUT2D eigenvalue weighted by Gasteiger charge is -2.00. The van der Waals surface area contributed by atoms with Gasteiger partial charge in [-0.1, -0.05) is 60.7 Å². The van der Waals surface area contributed by atoms with Crippen LogP contribution < -0.4 is 0 Å². The van der Waals surface area contributed by atoms with Crippen molar-refractivity contribution in [2.45, 2.75) is 0 Å². The highest BCUT2D eigenvalue weighted by Gasteiger charge is 2.22. The van der Waals surface area contributed by atoms with Gasteiger partial charge in [0.25, 0.3) is 0 Å². The third-order valence-corrected chi connectivity index (χ3v) is 4.59. The van der Waals surface area contributed by atoms with Crippen LogP contribution in [0.3, 0.4) is 0 Å². The predicted octanol–water partition coefficient (Wildman–Crippen LogP) is 5.22. The zero-order valence-corrected chi connectivity index (χ0v) is 12.3. The number of nitrogens with zero attached hydrogens (tertiary/aromatic N) is 2. The Morgan fingerprint density at radius 2 is 1.39 bits per heavy atom. The summed E-state index contributed by atoms with van der Waals surface area (Å²) < 4.78 is 2.23. The van der Waals surface area contributed by atoms with Gasteiger partial charge in [0.05, 0.1) is 22.1 Å². The largest absolute Gasteiger partial charge is 0.307 e. The summed E-state index contributed by atoms with van der Waals surface area (Å²) in [7, 11) is 0. The fourth-order valence-corrected chi connectivity index (χ4v) is 3.68. The lowest BCUT2D eigenvalue weighted by Crippen LogP contribution is -1.82. The summed E-state index contributed by atoms with van der Waals surface area (Å²) in [4.78, 5) is 0. The highest BCUT2D eigenvalue weighted by Crippen LogP contribution is 2.41. The van der Waals surface area contributed by atoms with Gasteiger partial charge in [-0.3, -0.25) is 0 Å². The van der Waals surface area contributed by atoms with Crippen LogP contribution in [0.4, 0.5) is 0 Å². The number of pyridine rings is 1. The highest BCUT2D eigenvalue weighted by atomic mass is 14.9. The number of hydrogen-bond acceptors (Lipinski definition) is 1. The van der Waals surface area contributed by atoms with Crippen LogP contribution >= 0.6 is 0 Å². The van der Waals surface area contributed by atoms with Gasteiger partial charge in [0.15, 0.2) is 0 Å². The van der Waals surface area contributed by atoms with Crippen molar-refractivity contribution in [2.24, 2.45) is 0 Å². The average Bonchev–Trinajstić information content (AvgIpc) is 3.13. The highest BCUT2D eigenvalue weighted by molar-refractivity contribution is 6.16. The first-order valence-corrected chi connectivity index (χ1v) is 7.63. The molecule has 3 heterocycles. The Balaban J connectivity index is 2.14. The Labute approximate surface area is 133 Å². The topological polar surface area (TPSA) is 28.2 Å². The van der Waals surface area contributed by atoms with Gasteiger partial charge in [0.1, 0.15) is 6.07 Å². The van der Waals surface area contributed by atoms with Crippen molar-refractivity contribution in [3.05, 3.63) is 78.4 Å². The monoisotopic (exact) mass is 292 g/mol. The Hall–Kier alpha value is -3.31. The van der Waals surface area contributed by atoms with Gasteiger partial charge in [-0.05, 0) is 17.7 Å². The van der Waals surface area contributed by atoms with Gasteiger partial charge in [0, 0.05) is 16.3 Å². The van der Waals surface area contributed by atoms with Crippen LogP contribution in [0.2, 0.25) is 0 Å². The van der Waals surface area contributed by atoms with E-state index in [1.54, 1.807) is 0 Å². The summed E-state index contributed by atoms with van der Waals surface area (Å²) in [5.41, 5.74) is 6.15. The van der Waals surface area contributed by atoms with Crippen LogP contribution in [0.15, 0.2) is 72.8 Å². The molecule has 0 bridgehead atoms. The fraction of sp³-hybridized carbons (Fsp3) is 0. The number of rotatable bonds is 1. The Kier molecular flexibility index (Phi) is 2.32. The molecule has 0 fully saturated rings. The molecule has 3 aromatic heterocycles. The molecule has 2 nitrogen and oxygen atoms in total. The molecule has 0 atom stereocenters. The summed E-state index contributed by atoms with van der Waals surface area (Å²) in [6, 6.07) is 27.2. The van der Waals surface area contributed by atoms with E-state index in [9.17, 15) is 5.26 Å². The normalized spacial score (nSPS) is 11.4. The lowest BCUT2D eigenvalue weighted by atomic mass is 10.00. The van der Waals surface area contributed by atoms with E-state index in [0.29, 0.717) is 0 Å². The van der Waals surface area contributed by atoms with Crippen molar-refractivity contribution in [1.82, 2.24) is 4.40 Å². The van der Waals surface area contributed by atoms with E-state index in [4.69, 9.17) is 0 Å². The predicted molar refractivity (Wildman–Crippen MR) is 93.7 cm³/mol. The van der Waals surface area contributed by atoms with Crippen LogP contribution in [0.25, 0.3) is 38.4 Å². The Morgan fingerprint density at radius 3 is 2.17 bits per heavy atom. The van der Waals surface area contributed by atoms with Crippen LogP contribution in [-0.4, -0.2) is 4.40 Å². The van der Waals surface area contributed by atoms with Gasteiger partial charge in [-0.15, -0.1) is 0 Å². The standard InChI is InChI=1S/C21H12N2/c22-13-17-19-12-6-11-18-15-9-4-5-10-16(15)21(23(18)19)20(17)14-7-2-1-3-8-14/h1-12H. The summed E-state index contributed by atoms with van der Waals surface area (Å²) in [5, 5.41) is 12.2. The van der Waals surface area contributed by atoms with Gasteiger partial charge >= 0.3 is 0 Å². The SMILES string of the molecule is N#Cc1c(-c2ccccc2)c2c3ccccc3c3cccc1n32. The first-order chi connectivity index (χ1) is 11.4. The molecule has 106 valence electrons. The second-order valence-corrected chi connectivity index (χ2v) is 5.75. The van der Waals surface area contributed by atoms with Crippen molar-refractivity contribution < 1.29 is 0 Å². The molecule has 0 saturated heterocycles. The van der Waals surface area contributed by atoms with E-state index in [2.05, 4.69) is 52.9 Å². The Bertz CT molecular complexity index is 1210. The minimum absolute atomic E-state index is 0.752. The van der Waals surface area contributed by atoms with Crippen molar-refractivity contribution >= 4 is 27.3 Å². The zero-order chi connectivity index (χ0) is 15.4. The smallest absolute Gasteiger partial charge is 0.102 e. The van der Waals surface area contributed by atoms with Crippen molar-refractivity contribution in [2.75, 3.05) is 0 Å². The minimum Gasteiger partial charge on any atom is -0.307 e. The molecule has 0 aliphatic carbocycles. The van der Waals surface area contributed by atoms with Crippen molar-refractivity contribution in [3.8, 4) is 17.2 Å². The number of fused-ring (bicyclic) bond motifs is 3. The van der Waals surface area contributed by atoms with Gasteiger partial charge in [-0.2, -0.15) is 5.26 Å². The van der Waals surface area contributed by atoms with E-state index in [1.165, 1.54) is 10.8 Å². The molecule has 5 rings (SSSR count). The van der Waals surface area contributed by atoms with Crippen LogP contribution in [0.1, 0.15) is 5.56 Å². The molecular weight excluding hydrogens is 280 g/mol. The summed E-state index contributed by atoms with van der Waals surface area (Å²) in [6.45, 7) is 0. The first kappa shape index (κ1) is 12.3. The molecule has 0 spiro atoms. The molecule has 0 aliphatic heterocycles. The quantitative estimate of drug-likeness (QED) is 0.416. The Morgan fingerprint density at radius 1 is 0.696 bits per heavy atom. The van der Waals surface area contributed by atoms with E-state index < -0.39 is 0 Å². The number of aromatic nitrogens is 1. The maximum atomic E-state index is 9.79. The second-order valence-electron chi connectivity index (χ2n) is 5.75. The van der Waals surface area contributed by atoms with E-state index in [1.807, 2.05) is 30.3 Å². The maximum Gasteiger partial charge on any atom is 0.102 e. The molecule has 0 N–H and O–H groups in total. The summed E-state index contributed by atoms with van der Waals surface area (Å²) in [5.74, 6) is 0. The van der Waals surface area contributed by atoms with Crippen molar-refractivity contribution in [1.29, 1.82) is 5.26 Å². The zero-order valence-electron chi connectivity index (χ0n) is 12.3. The van der Waals surface area contributed by atoms with Crippen molar-refractivity contribution in [3.63, 3.8) is 0 Å². The molecule has 5 aromatic rings. The molecule has 0 amide bonds. The third-order valence-electron chi connectivity index (χ3n) is 4.59. The van der Waals surface area contributed by atoms with Crippen LogP contribution in [-0.2, 0) is 0 Å². The third kappa shape index (κ3) is 1.46. The van der Waals surface area contributed by atoms with E-state index >= 15 is 0 Å². The second kappa shape index (κ2) is 4.34. The van der Waals surface area contributed by atoms with Crippen LogP contribution in [0.5, 0.6) is 0 Å². The molecule has 0 aliphatic rings. The fourth-order valence-electron chi connectivity index (χ4n) is 3.68. The van der Waals surface area contributed by atoms with Gasteiger partial charge < -0.3 is 4.40 Å². The number of hydrogen-bond donors (Lipinski definition) is 0. The lowest BCUT2D eigenvalue weighted by molar-refractivity contribution is 1.35. The van der Waals surface area contributed by atoms with Gasteiger partial charge in [-0.25, -0.2) is 0 Å². The van der Waals surface area contributed by atoms with E-state index in [0.717, 1.165) is 33.2 Å². The van der Waals surface area contributed by atoms with Crippen LogP contribution in [0, 0.1) is 11.3 Å². The maximum absolute atomic E-state index is 9.79.